The third-order valence-electron chi connectivity index (χ3n) is 3.91. The minimum atomic E-state index is -0.344. The average molecular weight is 398 g/mol. The van der Waals surface area contributed by atoms with Crippen LogP contribution in [0.5, 0.6) is 0 Å². The standard InChI is InChI=1S/C19H15FN4OS2/c1-12-4-5-13(7-14(12)20)22-18(25)9-24-8-15(21-11-24)19-23-16(10-27-19)17-3-2-6-26-17/h2-8,10-11H,9H2,1H3,(H,22,25). The van der Waals surface area contributed by atoms with Gasteiger partial charge in [0.2, 0.25) is 5.91 Å². The molecule has 0 aliphatic rings. The molecule has 1 amide bonds. The van der Waals surface area contributed by atoms with E-state index in [4.69, 9.17) is 0 Å². The maximum absolute atomic E-state index is 13.6. The van der Waals surface area contributed by atoms with Crippen molar-refractivity contribution in [1.29, 1.82) is 0 Å². The molecule has 4 rings (SSSR count). The van der Waals surface area contributed by atoms with Crippen molar-refractivity contribution >= 4 is 34.3 Å². The minimum absolute atomic E-state index is 0.0889. The highest BCUT2D eigenvalue weighted by Gasteiger charge is 2.11. The monoisotopic (exact) mass is 398 g/mol. The summed E-state index contributed by atoms with van der Waals surface area (Å²) in [6, 6.07) is 8.64. The predicted molar refractivity (Wildman–Crippen MR) is 106 cm³/mol. The number of anilines is 1. The van der Waals surface area contributed by atoms with Crippen LogP contribution in [0.1, 0.15) is 5.56 Å². The number of aryl methyl sites for hydroxylation is 1. The van der Waals surface area contributed by atoms with Crippen LogP contribution in [0.25, 0.3) is 21.3 Å². The molecule has 5 nitrogen and oxygen atoms in total. The maximum atomic E-state index is 13.6. The number of carbonyl (C=O) groups excluding carboxylic acids is 1. The van der Waals surface area contributed by atoms with Gasteiger partial charge in [0.05, 0.1) is 16.9 Å². The van der Waals surface area contributed by atoms with Crippen molar-refractivity contribution in [3.8, 4) is 21.3 Å². The molecule has 4 aromatic rings. The summed E-state index contributed by atoms with van der Waals surface area (Å²) in [6.45, 7) is 1.77. The van der Waals surface area contributed by atoms with Crippen molar-refractivity contribution in [2.24, 2.45) is 0 Å². The zero-order chi connectivity index (χ0) is 18.8. The summed E-state index contributed by atoms with van der Waals surface area (Å²) in [7, 11) is 0. The molecule has 0 spiro atoms. The third-order valence-corrected chi connectivity index (χ3v) is 5.67. The van der Waals surface area contributed by atoms with Crippen LogP contribution >= 0.6 is 22.7 Å². The van der Waals surface area contributed by atoms with Gasteiger partial charge < -0.3 is 9.88 Å². The lowest BCUT2D eigenvalue weighted by Gasteiger charge is -2.06. The number of rotatable bonds is 5. The summed E-state index contributed by atoms with van der Waals surface area (Å²) in [6.07, 6.45) is 3.38. The van der Waals surface area contributed by atoms with Gasteiger partial charge in [-0.2, -0.15) is 0 Å². The number of hydrogen-bond acceptors (Lipinski definition) is 5. The molecule has 0 radical (unpaired) electrons. The van der Waals surface area contributed by atoms with Crippen LogP contribution in [0, 0.1) is 12.7 Å². The Kier molecular flexibility index (Phi) is 4.83. The Balaban J connectivity index is 1.43. The van der Waals surface area contributed by atoms with Gasteiger partial charge >= 0.3 is 0 Å². The van der Waals surface area contributed by atoms with Crippen LogP contribution < -0.4 is 5.32 Å². The van der Waals surface area contributed by atoms with Gasteiger partial charge in [0.15, 0.2) is 0 Å². The minimum Gasteiger partial charge on any atom is -0.327 e. The number of benzene rings is 1. The lowest BCUT2D eigenvalue weighted by molar-refractivity contribution is -0.116. The molecule has 136 valence electrons. The summed E-state index contributed by atoms with van der Waals surface area (Å²) in [5.41, 5.74) is 2.62. The second kappa shape index (κ2) is 7.42. The molecular weight excluding hydrogens is 383 g/mol. The molecule has 0 fully saturated rings. The lowest BCUT2D eigenvalue weighted by Crippen LogP contribution is -2.18. The first kappa shape index (κ1) is 17.6. The number of thiazole rings is 1. The zero-order valence-electron chi connectivity index (χ0n) is 14.3. The average Bonchev–Trinajstić information content (AvgIpc) is 3.37. The smallest absolute Gasteiger partial charge is 0.244 e. The Hall–Kier alpha value is -2.84. The Labute approximate surface area is 163 Å². The van der Waals surface area contributed by atoms with Crippen molar-refractivity contribution in [3.05, 3.63) is 65.0 Å². The Morgan fingerprint density at radius 1 is 1.26 bits per heavy atom. The van der Waals surface area contributed by atoms with E-state index in [1.807, 2.05) is 22.9 Å². The molecule has 0 saturated carbocycles. The normalized spacial score (nSPS) is 10.9. The van der Waals surface area contributed by atoms with Crippen molar-refractivity contribution in [3.63, 3.8) is 0 Å². The number of carbonyl (C=O) groups is 1. The fourth-order valence-corrected chi connectivity index (χ4v) is 4.06. The summed E-state index contributed by atoms with van der Waals surface area (Å²) < 4.78 is 15.3. The van der Waals surface area contributed by atoms with Crippen LogP contribution in [0.3, 0.4) is 0 Å². The first-order valence-corrected chi connectivity index (χ1v) is 9.92. The van der Waals surface area contributed by atoms with Crippen LogP contribution in [0.4, 0.5) is 10.1 Å². The maximum Gasteiger partial charge on any atom is 0.244 e. The van der Waals surface area contributed by atoms with E-state index in [0.717, 1.165) is 21.3 Å². The van der Waals surface area contributed by atoms with Crippen LogP contribution in [-0.4, -0.2) is 20.4 Å². The van der Waals surface area contributed by atoms with E-state index in [0.29, 0.717) is 11.3 Å². The summed E-state index contributed by atoms with van der Waals surface area (Å²) >= 11 is 3.16. The van der Waals surface area contributed by atoms with Crippen molar-refractivity contribution in [1.82, 2.24) is 14.5 Å². The molecular formula is C19H15FN4OS2. The SMILES string of the molecule is Cc1ccc(NC(=O)Cn2cnc(-c3nc(-c4cccs4)cs3)c2)cc1F. The molecule has 0 unspecified atom stereocenters. The zero-order valence-corrected chi connectivity index (χ0v) is 16.0. The highest BCUT2D eigenvalue weighted by Crippen LogP contribution is 2.30. The van der Waals surface area contributed by atoms with Crippen molar-refractivity contribution in [2.75, 3.05) is 5.32 Å². The van der Waals surface area contributed by atoms with Crippen molar-refractivity contribution < 1.29 is 9.18 Å². The van der Waals surface area contributed by atoms with E-state index in [1.165, 1.54) is 17.4 Å². The molecule has 3 heterocycles. The molecule has 3 aromatic heterocycles. The Morgan fingerprint density at radius 3 is 2.93 bits per heavy atom. The van der Waals surface area contributed by atoms with E-state index in [9.17, 15) is 9.18 Å². The number of aromatic nitrogens is 3. The summed E-state index contributed by atoms with van der Waals surface area (Å²) in [5, 5.41) is 7.51. The fraction of sp³-hybridized carbons (Fsp3) is 0.105. The van der Waals surface area contributed by atoms with E-state index in [-0.39, 0.29) is 18.3 Å². The molecule has 0 aliphatic carbocycles. The van der Waals surface area contributed by atoms with E-state index >= 15 is 0 Å². The van der Waals surface area contributed by atoms with Gasteiger partial charge in [-0.25, -0.2) is 14.4 Å². The Bertz CT molecular complexity index is 1090. The number of imidazole rings is 1. The van der Waals surface area contributed by atoms with Gasteiger partial charge in [-0.1, -0.05) is 12.1 Å². The van der Waals surface area contributed by atoms with Gasteiger partial charge in [-0.05, 0) is 36.1 Å². The van der Waals surface area contributed by atoms with Gasteiger partial charge in [0.1, 0.15) is 23.1 Å². The number of nitrogens with zero attached hydrogens (tertiary/aromatic N) is 3. The third kappa shape index (κ3) is 3.96. The molecule has 0 saturated heterocycles. The van der Waals surface area contributed by atoms with Crippen molar-refractivity contribution in [2.45, 2.75) is 13.5 Å². The largest absolute Gasteiger partial charge is 0.327 e. The van der Waals surface area contributed by atoms with E-state index in [1.54, 1.807) is 47.5 Å². The summed E-state index contributed by atoms with van der Waals surface area (Å²) in [5.74, 6) is -0.594. The van der Waals surface area contributed by atoms with E-state index in [2.05, 4.69) is 15.3 Å². The van der Waals surface area contributed by atoms with Gasteiger partial charge in [0, 0.05) is 17.3 Å². The van der Waals surface area contributed by atoms with E-state index < -0.39 is 0 Å². The molecule has 8 heteroatoms. The van der Waals surface area contributed by atoms with Gasteiger partial charge in [-0.3, -0.25) is 4.79 Å². The van der Waals surface area contributed by atoms with Crippen LogP contribution in [0.15, 0.2) is 53.6 Å². The highest BCUT2D eigenvalue weighted by atomic mass is 32.1. The number of thiophene rings is 1. The summed E-state index contributed by atoms with van der Waals surface area (Å²) in [4.78, 5) is 22.3. The predicted octanol–water partition coefficient (Wildman–Crippen LogP) is 4.82. The molecule has 0 atom stereocenters. The quantitative estimate of drug-likeness (QED) is 0.524. The first-order chi connectivity index (χ1) is 13.1. The molecule has 1 aromatic carbocycles. The number of halogens is 1. The molecule has 1 N–H and O–H groups in total. The van der Waals surface area contributed by atoms with Gasteiger partial charge in [0.25, 0.3) is 0 Å². The Morgan fingerprint density at radius 2 is 2.15 bits per heavy atom. The molecule has 27 heavy (non-hydrogen) atoms. The topological polar surface area (TPSA) is 59.8 Å². The number of amides is 1. The highest BCUT2D eigenvalue weighted by molar-refractivity contribution is 7.15. The second-order valence-corrected chi connectivity index (χ2v) is 7.76. The fourth-order valence-electron chi connectivity index (χ4n) is 2.52. The van der Waals surface area contributed by atoms with Crippen LogP contribution in [-0.2, 0) is 11.3 Å². The molecule has 0 bridgehead atoms. The number of nitrogens with one attached hydrogen (secondary N) is 1. The molecule has 0 aliphatic heterocycles. The van der Waals surface area contributed by atoms with Crippen LogP contribution in [0.2, 0.25) is 0 Å². The number of hydrogen-bond donors (Lipinski definition) is 1. The lowest BCUT2D eigenvalue weighted by atomic mass is 10.2. The first-order valence-electron chi connectivity index (χ1n) is 8.16. The second-order valence-electron chi connectivity index (χ2n) is 5.96. The van der Waals surface area contributed by atoms with Gasteiger partial charge in [-0.15, -0.1) is 22.7 Å².